The number of rotatable bonds is 5. The smallest absolute Gasteiger partial charge is 0.0407 e. The van der Waals surface area contributed by atoms with Crippen LogP contribution in [0.2, 0.25) is 5.02 Å². The predicted molar refractivity (Wildman–Crippen MR) is 84.0 cm³/mol. The molecule has 19 heavy (non-hydrogen) atoms. The third-order valence-corrected chi connectivity index (χ3v) is 3.65. The molecule has 2 rings (SSSR count). The highest BCUT2D eigenvalue weighted by molar-refractivity contribution is 6.30. The summed E-state index contributed by atoms with van der Waals surface area (Å²) in [5.74, 6) is 1.11. The Balaban J connectivity index is 2.04. The lowest BCUT2D eigenvalue weighted by molar-refractivity contribution is 0.517. The summed E-state index contributed by atoms with van der Waals surface area (Å²) < 4.78 is 0. The molecule has 0 fully saturated rings. The van der Waals surface area contributed by atoms with Crippen molar-refractivity contribution in [2.24, 2.45) is 5.92 Å². The molecule has 1 unspecified atom stereocenters. The first-order chi connectivity index (χ1) is 9.16. The molecular weight excluding hydrogens is 254 g/mol. The summed E-state index contributed by atoms with van der Waals surface area (Å²) in [7, 11) is 0. The van der Waals surface area contributed by atoms with Crippen LogP contribution in [0.5, 0.6) is 0 Å². The van der Waals surface area contributed by atoms with Crippen molar-refractivity contribution in [2.45, 2.75) is 19.8 Å². The Kier molecular flexibility index (Phi) is 4.86. The summed E-state index contributed by atoms with van der Waals surface area (Å²) >= 11 is 5.89. The molecule has 0 aromatic heterocycles. The van der Waals surface area contributed by atoms with Gasteiger partial charge >= 0.3 is 0 Å². The number of benzene rings is 2. The Labute approximate surface area is 120 Å². The van der Waals surface area contributed by atoms with Gasteiger partial charge in [0.2, 0.25) is 0 Å². The first kappa shape index (κ1) is 14.0. The van der Waals surface area contributed by atoms with E-state index in [1.54, 1.807) is 0 Å². The van der Waals surface area contributed by atoms with E-state index in [9.17, 15) is 0 Å². The number of hydrogen-bond donors (Lipinski definition) is 1. The fraction of sp³-hybridized carbons (Fsp3) is 0.294. The first-order valence-corrected chi connectivity index (χ1v) is 7.09. The molecule has 0 radical (unpaired) electrons. The van der Waals surface area contributed by atoms with E-state index < -0.39 is 0 Å². The largest absolute Gasteiger partial charge is 0.384 e. The molecule has 0 aliphatic carbocycles. The molecule has 2 heteroatoms. The van der Waals surface area contributed by atoms with Crippen molar-refractivity contribution in [1.82, 2.24) is 0 Å². The molecule has 1 atom stereocenters. The summed E-state index contributed by atoms with van der Waals surface area (Å²) in [6.45, 7) is 5.46. The Hall–Kier alpha value is -1.47. The second-order valence-electron chi connectivity index (χ2n) is 5.15. The van der Waals surface area contributed by atoms with E-state index in [0.717, 1.165) is 17.3 Å². The first-order valence-electron chi connectivity index (χ1n) is 6.71. The highest BCUT2D eigenvalue weighted by Crippen LogP contribution is 2.25. The van der Waals surface area contributed by atoms with Gasteiger partial charge in [0.25, 0.3) is 0 Å². The molecule has 0 aliphatic rings. The zero-order valence-corrected chi connectivity index (χ0v) is 12.2. The van der Waals surface area contributed by atoms with Gasteiger partial charge in [0.15, 0.2) is 0 Å². The Bertz CT molecular complexity index is 490. The Morgan fingerprint density at radius 1 is 0.947 bits per heavy atom. The quantitative estimate of drug-likeness (QED) is 0.790. The lowest BCUT2D eigenvalue weighted by Gasteiger charge is -2.22. The zero-order chi connectivity index (χ0) is 13.7. The lowest BCUT2D eigenvalue weighted by atomic mass is 9.88. The average Bonchev–Trinajstić information content (AvgIpc) is 2.42. The predicted octanol–water partition coefficient (Wildman–Crippen LogP) is 5.19. The normalized spacial score (nSPS) is 12.4. The minimum absolute atomic E-state index is 0.511. The van der Waals surface area contributed by atoms with Crippen LogP contribution in [-0.4, -0.2) is 6.54 Å². The summed E-state index contributed by atoms with van der Waals surface area (Å²) in [6, 6.07) is 18.5. The third kappa shape index (κ3) is 4.00. The van der Waals surface area contributed by atoms with Crippen LogP contribution in [0.25, 0.3) is 0 Å². The molecule has 1 N–H and O–H groups in total. The minimum Gasteiger partial charge on any atom is -0.384 e. The van der Waals surface area contributed by atoms with Gasteiger partial charge in [-0.15, -0.1) is 0 Å². The minimum atomic E-state index is 0.511. The van der Waals surface area contributed by atoms with Gasteiger partial charge in [-0.3, -0.25) is 0 Å². The van der Waals surface area contributed by atoms with Crippen molar-refractivity contribution < 1.29 is 0 Å². The number of halogens is 1. The summed E-state index contributed by atoms with van der Waals surface area (Å²) in [5, 5.41) is 4.27. The standard InChI is InChI=1S/C17H20ClN/c1-13(2)17(14-6-4-3-5-7-14)12-19-16-10-8-15(18)9-11-16/h3-11,13,17,19H,12H2,1-2H3. The van der Waals surface area contributed by atoms with E-state index in [4.69, 9.17) is 11.6 Å². The van der Waals surface area contributed by atoms with Gasteiger partial charge in [-0.1, -0.05) is 55.8 Å². The van der Waals surface area contributed by atoms with Crippen molar-refractivity contribution in [1.29, 1.82) is 0 Å². The van der Waals surface area contributed by atoms with Gasteiger partial charge in [0.05, 0.1) is 0 Å². The van der Waals surface area contributed by atoms with Gasteiger partial charge in [0.1, 0.15) is 0 Å². The van der Waals surface area contributed by atoms with Crippen LogP contribution < -0.4 is 5.32 Å². The van der Waals surface area contributed by atoms with Crippen molar-refractivity contribution >= 4 is 17.3 Å². The maximum absolute atomic E-state index is 5.89. The molecule has 2 aromatic rings. The lowest BCUT2D eigenvalue weighted by Crippen LogP contribution is -2.17. The molecule has 1 nitrogen and oxygen atoms in total. The molecule has 0 saturated carbocycles. The van der Waals surface area contributed by atoms with E-state index in [1.165, 1.54) is 5.56 Å². The van der Waals surface area contributed by atoms with Crippen LogP contribution >= 0.6 is 11.6 Å². The topological polar surface area (TPSA) is 12.0 Å². The maximum atomic E-state index is 5.89. The second kappa shape index (κ2) is 6.63. The van der Waals surface area contributed by atoms with E-state index in [2.05, 4.69) is 49.5 Å². The van der Waals surface area contributed by atoms with E-state index in [1.807, 2.05) is 24.3 Å². The highest BCUT2D eigenvalue weighted by atomic mass is 35.5. The summed E-state index contributed by atoms with van der Waals surface area (Å²) in [6.07, 6.45) is 0. The summed E-state index contributed by atoms with van der Waals surface area (Å²) in [4.78, 5) is 0. The van der Waals surface area contributed by atoms with Gasteiger partial charge in [-0.25, -0.2) is 0 Å². The Morgan fingerprint density at radius 2 is 1.58 bits per heavy atom. The summed E-state index contributed by atoms with van der Waals surface area (Å²) in [5.41, 5.74) is 2.50. The molecule has 0 amide bonds. The van der Waals surface area contributed by atoms with Gasteiger partial charge in [0, 0.05) is 23.2 Å². The molecule has 0 bridgehead atoms. The van der Waals surface area contributed by atoms with Crippen LogP contribution in [0.4, 0.5) is 5.69 Å². The Morgan fingerprint density at radius 3 is 2.16 bits per heavy atom. The third-order valence-electron chi connectivity index (χ3n) is 3.40. The fourth-order valence-electron chi connectivity index (χ4n) is 2.23. The average molecular weight is 274 g/mol. The molecule has 0 aliphatic heterocycles. The fourth-order valence-corrected chi connectivity index (χ4v) is 2.36. The molecule has 100 valence electrons. The van der Waals surface area contributed by atoms with Crippen LogP contribution in [0.1, 0.15) is 25.3 Å². The maximum Gasteiger partial charge on any atom is 0.0407 e. The zero-order valence-electron chi connectivity index (χ0n) is 11.4. The van der Waals surface area contributed by atoms with E-state index >= 15 is 0 Å². The van der Waals surface area contributed by atoms with E-state index in [-0.39, 0.29) is 0 Å². The van der Waals surface area contributed by atoms with Crippen LogP contribution in [0.15, 0.2) is 54.6 Å². The monoisotopic (exact) mass is 273 g/mol. The molecule has 2 aromatic carbocycles. The SMILES string of the molecule is CC(C)C(CNc1ccc(Cl)cc1)c1ccccc1. The van der Waals surface area contributed by atoms with Gasteiger partial charge < -0.3 is 5.32 Å². The van der Waals surface area contributed by atoms with Crippen LogP contribution in [-0.2, 0) is 0 Å². The van der Waals surface area contributed by atoms with Gasteiger partial charge in [-0.05, 0) is 35.7 Å². The highest BCUT2D eigenvalue weighted by Gasteiger charge is 2.15. The van der Waals surface area contributed by atoms with Crippen LogP contribution in [0.3, 0.4) is 0 Å². The molecule has 0 saturated heterocycles. The number of anilines is 1. The van der Waals surface area contributed by atoms with Crippen molar-refractivity contribution in [3.63, 3.8) is 0 Å². The molecule has 0 spiro atoms. The van der Waals surface area contributed by atoms with Crippen molar-refractivity contribution in [3.05, 3.63) is 65.2 Å². The van der Waals surface area contributed by atoms with Crippen molar-refractivity contribution in [3.8, 4) is 0 Å². The van der Waals surface area contributed by atoms with Crippen LogP contribution in [0, 0.1) is 5.92 Å². The number of nitrogens with one attached hydrogen (secondary N) is 1. The molecule has 0 heterocycles. The molecular formula is C17H20ClN. The van der Waals surface area contributed by atoms with Gasteiger partial charge in [-0.2, -0.15) is 0 Å². The van der Waals surface area contributed by atoms with Crippen molar-refractivity contribution in [2.75, 3.05) is 11.9 Å². The number of hydrogen-bond acceptors (Lipinski definition) is 1. The van der Waals surface area contributed by atoms with E-state index in [0.29, 0.717) is 11.8 Å². The second-order valence-corrected chi connectivity index (χ2v) is 5.59.